The van der Waals surface area contributed by atoms with E-state index in [4.69, 9.17) is 9.47 Å². The number of rotatable bonds is 50. The minimum atomic E-state index is -0.0323. The predicted molar refractivity (Wildman–Crippen MR) is 273 cm³/mol. The van der Waals surface area contributed by atoms with Gasteiger partial charge in [0.1, 0.15) is 5.78 Å². The number of nitrogens with one attached hydrogen (secondary N) is 2. The second-order valence-electron chi connectivity index (χ2n) is 19.1. The van der Waals surface area contributed by atoms with Crippen molar-refractivity contribution in [2.45, 2.75) is 245 Å². The fourth-order valence-corrected chi connectivity index (χ4v) is 8.47. The first-order chi connectivity index (χ1) is 31.4. The van der Waals surface area contributed by atoms with Gasteiger partial charge < -0.3 is 29.9 Å². The van der Waals surface area contributed by atoms with Gasteiger partial charge in [0.05, 0.1) is 19.8 Å². The van der Waals surface area contributed by atoms with Crippen LogP contribution < -0.4 is 10.6 Å². The second kappa shape index (κ2) is 50.2. The van der Waals surface area contributed by atoms with E-state index in [0.29, 0.717) is 50.4 Å². The molecule has 376 valence electrons. The van der Waals surface area contributed by atoms with Crippen molar-refractivity contribution in [2.75, 3.05) is 73.2 Å². The van der Waals surface area contributed by atoms with Gasteiger partial charge in [-0.3, -0.25) is 9.59 Å². The summed E-state index contributed by atoms with van der Waals surface area (Å²) >= 11 is 0. The summed E-state index contributed by atoms with van der Waals surface area (Å²) in [7, 11) is 4.06. The van der Waals surface area contributed by atoms with E-state index in [0.717, 1.165) is 103 Å². The summed E-state index contributed by atoms with van der Waals surface area (Å²) in [5.41, 5.74) is 0. The molecule has 0 aliphatic heterocycles. The Morgan fingerprint density at radius 3 is 1.55 bits per heavy atom. The van der Waals surface area contributed by atoms with Crippen LogP contribution in [0.5, 0.6) is 0 Å². The molecule has 0 heterocycles. The van der Waals surface area contributed by atoms with Gasteiger partial charge in [0.25, 0.3) is 0 Å². The molecule has 2 N–H and O–H groups in total. The fraction of sp³-hybridized carbons (Fsp3) is 0.926. The molecule has 0 bridgehead atoms. The lowest BCUT2D eigenvalue weighted by atomic mass is 9.89. The van der Waals surface area contributed by atoms with E-state index in [9.17, 15) is 14.9 Å². The maximum atomic E-state index is 13.1. The van der Waals surface area contributed by atoms with E-state index in [1.807, 2.05) is 20.3 Å². The minimum Gasteiger partial charge on any atom is -0.466 e. The summed E-state index contributed by atoms with van der Waals surface area (Å²) in [4.78, 5) is 34.0. The molecule has 0 fully saturated rings. The van der Waals surface area contributed by atoms with Crippen LogP contribution >= 0.6 is 0 Å². The van der Waals surface area contributed by atoms with Gasteiger partial charge >= 0.3 is 5.97 Å². The van der Waals surface area contributed by atoms with Gasteiger partial charge in [-0.2, -0.15) is 5.26 Å². The average molecular weight is 903 g/mol. The van der Waals surface area contributed by atoms with Crippen LogP contribution in [0.25, 0.3) is 0 Å². The average Bonchev–Trinajstić information content (AvgIpc) is 3.28. The summed E-state index contributed by atoms with van der Waals surface area (Å²) in [6.07, 6.45) is 43.3. The highest BCUT2D eigenvalue weighted by Gasteiger charge is 2.14. The summed E-state index contributed by atoms with van der Waals surface area (Å²) in [6.45, 7) is 14.0. The number of carbonyl (C=O) groups excluding carboxylic acids is 2. The van der Waals surface area contributed by atoms with Crippen LogP contribution in [0, 0.1) is 17.4 Å². The largest absolute Gasteiger partial charge is 0.466 e. The molecule has 0 aromatic carbocycles. The zero-order chi connectivity index (χ0) is 46.8. The number of carbonyl (C=O) groups is 2. The zero-order valence-corrected chi connectivity index (χ0v) is 43.1. The van der Waals surface area contributed by atoms with Crippen molar-refractivity contribution in [3.63, 3.8) is 0 Å². The molecule has 64 heavy (non-hydrogen) atoms. The molecule has 0 amide bonds. The Balaban J connectivity index is 4.68. The monoisotopic (exact) mass is 903 g/mol. The Labute approximate surface area is 397 Å². The summed E-state index contributed by atoms with van der Waals surface area (Å²) in [5, 5.41) is 15.7. The van der Waals surface area contributed by atoms with Crippen molar-refractivity contribution >= 4 is 17.7 Å². The molecule has 10 nitrogen and oxygen atoms in total. The Morgan fingerprint density at radius 1 is 0.531 bits per heavy atom. The van der Waals surface area contributed by atoms with Crippen LogP contribution in [0.2, 0.25) is 0 Å². The van der Waals surface area contributed by atoms with E-state index in [-0.39, 0.29) is 5.97 Å². The lowest BCUT2D eigenvalue weighted by Gasteiger charge is -2.23. The van der Waals surface area contributed by atoms with Gasteiger partial charge in [0, 0.05) is 38.9 Å². The topological polar surface area (TPSA) is 119 Å². The van der Waals surface area contributed by atoms with Crippen molar-refractivity contribution in [3.05, 3.63) is 0 Å². The number of hydrogen-bond acceptors (Lipinski definition) is 8. The molecule has 0 saturated heterocycles. The third-order valence-corrected chi connectivity index (χ3v) is 12.6. The molecule has 0 aliphatic carbocycles. The van der Waals surface area contributed by atoms with E-state index >= 15 is 0 Å². The molecular weight excluding hydrogens is 797 g/mol. The van der Waals surface area contributed by atoms with Crippen molar-refractivity contribution in [3.8, 4) is 6.19 Å². The van der Waals surface area contributed by atoms with Crippen LogP contribution in [0.3, 0.4) is 0 Å². The molecule has 0 saturated carbocycles. The van der Waals surface area contributed by atoms with E-state index < -0.39 is 0 Å². The third-order valence-electron chi connectivity index (χ3n) is 12.6. The van der Waals surface area contributed by atoms with Crippen molar-refractivity contribution < 1.29 is 19.1 Å². The molecule has 0 atom stereocenters. The van der Waals surface area contributed by atoms with Gasteiger partial charge in [-0.25, -0.2) is 0 Å². The lowest BCUT2D eigenvalue weighted by molar-refractivity contribution is -0.143. The summed E-state index contributed by atoms with van der Waals surface area (Å²) < 4.78 is 11.2. The number of aliphatic imine (C=N–C) groups is 1. The van der Waals surface area contributed by atoms with Gasteiger partial charge in [0.15, 0.2) is 0 Å². The fourth-order valence-electron chi connectivity index (χ4n) is 8.47. The predicted octanol–water partition coefficient (Wildman–Crippen LogP) is 13.3. The number of nitriles is 1. The second-order valence-corrected chi connectivity index (χ2v) is 19.1. The third kappa shape index (κ3) is 46.3. The molecule has 0 spiro atoms. The molecule has 0 radical (unpaired) electrons. The van der Waals surface area contributed by atoms with Crippen molar-refractivity contribution in [1.29, 1.82) is 5.26 Å². The van der Waals surface area contributed by atoms with E-state index in [1.54, 1.807) is 0 Å². The number of likely N-dealkylation sites (N-methyl/N-ethyl adjacent to an activating group) is 1. The lowest BCUT2D eigenvalue weighted by Crippen LogP contribution is -2.40. The quantitative estimate of drug-likeness (QED) is 0.0202. The Hall–Kier alpha value is -2.22. The molecule has 0 aromatic heterocycles. The first kappa shape index (κ1) is 61.8. The first-order valence-corrected chi connectivity index (χ1v) is 27.4. The number of unbranched alkanes of at least 4 members (excludes halogenated alkanes) is 24. The standard InChI is InChI=1S/C54H106N6O4/c1-6-9-12-15-18-27-34-46-64-53(62)39-31-24-20-26-33-43-60(44-35-40-56-54(58-50-55)57-41-47-63-48-45-59(4)5)42-32-25-19-23-30-38-52(61)49-51(36-28-21-16-13-10-7-2)37-29-22-17-14-11-8-3/h51H,6-49H2,1-5H3,(H2,56,57,58). The van der Waals surface area contributed by atoms with Gasteiger partial charge in [-0.15, -0.1) is 4.99 Å². The molecule has 0 aromatic rings. The maximum absolute atomic E-state index is 13.1. The number of ether oxygens (including phenoxy) is 2. The smallest absolute Gasteiger partial charge is 0.305 e. The van der Waals surface area contributed by atoms with Crippen LogP contribution in [-0.2, 0) is 19.1 Å². The summed E-state index contributed by atoms with van der Waals surface area (Å²) in [5.74, 6) is 1.58. The SMILES string of the molecule is CCCCCCCCCOC(=O)CCCCCCCN(CCCCCCCC(=O)CC(CCCCCCCC)CCCCCCCC)CCCN/C(=N/C#N)NCCOCCN(C)C. The Kier molecular flexibility index (Phi) is 48.5. The van der Waals surface area contributed by atoms with Crippen molar-refractivity contribution in [2.24, 2.45) is 10.9 Å². The van der Waals surface area contributed by atoms with Gasteiger partial charge in [-0.05, 0) is 78.2 Å². The molecule has 0 unspecified atom stereocenters. The number of ketones is 1. The highest BCUT2D eigenvalue weighted by atomic mass is 16.5. The Bertz CT molecular complexity index is 1070. The van der Waals surface area contributed by atoms with Crippen LogP contribution in [0.15, 0.2) is 4.99 Å². The van der Waals surface area contributed by atoms with E-state index in [2.05, 4.69) is 46.2 Å². The van der Waals surface area contributed by atoms with Crippen LogP contribution in [-0.4, -0.2) is 101 Å². The molecular formula is C54H106N6O4. The van der Waals surface area contributed by atoms with E-state index in [1.165, 1.54) is 148 Å². The summed E-state index contributed by atoms with van der Waals surface area (Å²) in [6, 6.07) is 0. The number of nitrogens with zero attached hydrogens (tertiary/aromatic N) is 4. The zero-order valence-electron chi connectivity index (χ0n) is 43.1. The normalized spacial score (nSPS) is 11.8. The van der Waals surface area contributed by atoms with Gasteiger partial charge in [-0.1, -0.05) is 188 Å². The molecule has 10 heteroatoms. The number of esters is 1. The highest BCUT2D eigenvalue weighted by molar-refractivity contribution is 5.80. The number of Topliss-reactive ketones (excluding diaryl/α,β-unsaturated/α-hetero) is 1. The van der Waals surface area contributed by atoms with Crippen molar-refractivity contribution in [1.82, 2.24) is 20.4 Å². The minimum absolute atomic E-state index is 0.0323. The Morgan fingerprint density at radius 2 is 1.00 bits per heavy atom. The van der Waals surface area contributed by atoms with Crippen LogP contribution in [0.4, 0.5) is 0 Å². The molecule has 0 rings (SSSR count). The number of hydrogen-bond donors (Lipinski definition) is 2. The van der Waals surface area contributed by atoms with Crippen LogP contribution in [0.1, 0.15) is 245 Å². The van der Waals surface area contributed by atoms with Gasteiger partial charge in [0.2, 0.25) is 12.2 Å². The first-order valence-electron chi connectivity index (χ1n) is 27.4. The molecule has 0 aliphatic rings. The number of guanidine groups is 1. The highest BCUT2D eigenvalue weighted by Crippen LogP contribution is 2.24. The maximum Gasteiger partial charge on any atom is 0.305 e.